The van der Waals surface area contributed by atoms with Gasteiger partial charge in [-0.3, -0.25) is 9.59 Å². The van der Waals surface area contributed by atoms with E-state index < -0.39 is 27.9 Å². The molecule has 0 aliphatic carbocycles. The van der Waals surface area contributed by atoms with E-state index in [1.54, 1.807) is 0 Å². The highest BCUT2D eigenvalue weighted by Gasteiger charge is 2.33. The van der Waals surface area contributed by atoms with Crippen LogP contribution in [0.5, 0.6) is 0 Å². The Hall–Kier alpha value is -3.00. The van der Waals surface area contributed by atoms with Gasteiger partial charge in [-0.15, -0.1) is 11.3 Å². The molecule has 11 nitrogen and oxygen atoms in total. The van der Waals surface area contributed by atoms with Crippen LogP contribution >= 0.6 is 11.3 Å². The number of thiophene rings is 1. The van der Waals surface area contributed by atoms with Crippen LogP contribution in [0.2, 0.25) is 0 Å². The molecule has 0 bridgehead atoms. The van der Waals surface area contributed by atoms with Gasteiger partial charge in [-0.05, 0) is 50.1 Å². The first kappa shape index (κ1) is 26.1. The standard InChI is InChI=1S/C23H28N4O7S2/c1-13-10-27(11-14(2)34-13)36(31,32)16-6-4-15(5-7-16)21(29)25-22-19(20(24)28)17-8-9-26(23(30)33-3)12-18(17)35-22/h4-7,13-14H,8-12H2,1-3H3,(H2,24,28)(H,25,29). The van der Waals surface area contributed by atoms with Gasteiger partial charge < -0.3 is 25.4 Å². The van der Waals surface area contributed by atoms with E-state index in [-0.39, 0.29) is 52.9 Å². The predicted molar refractivity (Wildman–Crippen MR) is 133 cm³/mol. The molecule has 13 heteroatoms. The fourth-order valence-electron chi connectivity index (χ4n) is 4.47. The number of rotatable bonds is 5. The van der Waals surface area contributed by atoms with E-state index >= 15 is 0 Å². The lowest BCUT2D eigenvalue weighted by Crippen LogP contribution is -2.48. The minimum absolute atomic E-state index is 0.0765. The molecule has 0 saturated carbocycles. The average Bonchev–Trinajstić information content (AvgIpc) is 3.20. The Morgan fingerprint density at radius 2 is 1.78 bits per heavy atom. The number of primary amides is 1. The Morgan fingerprint density at radius 3 is 2.36 bits per heavy atom. The third kappa shape index (κ3) is 5.09. The summed E-state index contributed by atoms with van der Waals surface area (Å²) in [7, 11) is -2.45. The number of amides is 3. The number of morpholine rings is 1. The van der Waals surface area contributed by atoms with E-state index in [1.807, 2.05) is 13.8 Å². The summed E-state index contributed by atoms with van der Waals surface area (Å²) in [4.78, 5) is 39.4. The van der Waals surface area contributed by atoms with Gasteiger partial charge in [0.2, 0.25) is 10.0 Å². The Morgan fingerprint density at radius 1 is 1.14 bits per heavy atom. The zero-order chi connectivity index (χ0) is 26.2. The lowest BCUT2D eigenvalue weighted by molar-refractivity contribution is -0.0440. The number of hydrogen-bond acceptors (Lipinski definition) is 8. The minimum atomic E-state index is -3.74. The number of carbonyl (C=O) groups is 3. The van der Waals surface area contributed by atoms with Gasteiger partial charge >= 0.3 is 6.09 Å². The van der Waals surface area contributed by atoms with Crippen molar-refractivity contribution in [2.75, 3.05) is 32.1 Å². The Kier molecular flexibility index (Phi) is 7.36. The second-order valence-electron chi connectivity index (χ2n) is 8.77. The molecule has 1 fully saturated rings. The van der Waals surface area contributed by atoms with Crippen molar-refractivity contribution in [3.8, 4) is 0 Å². The molecule has 2 atom stereocenters. The summed E-state index contributed by atoms with van der Waals surface area (Å²) in [6.45, 7) is 4.75. The molecule has 4 rings (SSSR count). The van der Waals surface area contributed by atoms with Crippen LogP contribution in [-0.2, 0) is 32.5 Å². The molecule has 2 aromatic rings. The van der Waals surface area contributed by atoms with Crippen molar-refractivity contribution >= 4 is 44.3 Å². The summed E-state index contributed by atoms with van der Waals surface area (Å²) in [5.74, 6) is -1.19. The Bertz CT molecular complexity index is 1280. The largest absolute Gasteiger partial charge is 0.453 e. The molecule has 1 aromatic heterocycles. The first-order chi connectivity index (χ1) is 17.0. The van der Waals surface area contributed by atoms with Crippen LogP contribution in [0.25, 0.3) is 0 Å². The molecular formula is C23H28N4O7S2. The minimum Gasteiger partial charge on any atom is -0.453 e. The summed E-state index contributed by atoms with van der Waals surface area (Å²) >= 11 is 1.17. The van der Waals surface area contributed by atoms with Crippen molar-refractivity contribution in [1.29, 1.82) is 0 Å². The molecule has 1 saturated heterocycles. The van der Waals surface area contributed by atoms with Crippen LogP contribution < -0.4 is 11.1 Å². The highest BCUT2D eigenvalue weighted by Crippen LogP contribution is 2.37. The molecule has 3 amide bonds. The Balaban J connectivity index is 1.53. The third-order valence-corrected chi connectivity index (χ3v) is 9.08. The highest BCUT2D eigenvalue weighted by molar-refractivity contribution is 7.89. The molecule has 194 valence electrons. The monoisotopic (exact) mass is 536 g/mol. The molecule has 2 aliphatic rings. The van der Waals surface area contributed by atoms with E-state index in [1.165, 1.54) is 51.9 Å². The molecule has 3 heterocycles. The number of benzene rings is 1. The summed E-state index contributed by atoms with van der Waals surface area (Å²) < 4.78 is 37.9. The van der Waals surface area contributed by atoms with Crippen molar-refractivity contribution in [3.63, 3.8) is 0 Å². The molecule has 2 aliphatic heterocycles. The maximum atomic E-state index is 13.1. The van der Waals surface area contributed by atoms with Crippen LogP contribution in [0.1, 0.15) is 45.0 Å². The van der Waals surface area contributed by atoms with Crippen molar-refractivity contribution in [2.24, 2.45) is 5.73 Å². The molecule has 1 aromatic carbocycles. The number of hydrogen-bond donors (Lipinski definition) is 2. The fourth-order valence-corrected chi connectivity index (χ4v) is 7.32. The Labute approximate surface area is 213 Å². The van der Waals surface area contributed by atoms with Gasteiger partial charge in [0.05, 0.1) is 36.3 Å². The van der Waals surface area contributed by atoms with E-state index in [0.717, 1.165) is 4.88 Å². The number of anilines is 1. The van der Waals surface area contributed by atoms with Gasteiger partial charge in [0.25, 0.3) is 11.8 Å². The lowest BCUT2D eigenvalue weighted by Gasteiger charge is -2.34. The van der Waals surface area contributed by atoms with Gasteiger partial charge in [-0.1, -0.05) is 0 Å². The SMILES string of the molecule is COC(=O)N1CCc2c(sc(NC(=O)c3ccc(S(=O)(=O)N4CC(C)OC(C)C4)cc3)c2C(N)=O)C1. The van der Waals surface area contributed by atoms with E-state index in [4.69, 9.17) is 15.2 Å². The number of sulfonamides is 1. The van der Waals surface area contributed by atoms with Gasteiger partial charge in [0.1, 0.15) is 5.00 Å². The first-order valence-corrected chi connectivity index (χ1v) is 13.6. The second-order valence-corrected chi connectivity index (χ2v) is 11.8. The molecule has 3 N–H and O–H groups in total. The van der Waals surface area contributed by atoms with E-state index in [0.29, 0.717) is 18.5 Å². The third-order valence-electron chi connectivity index (χ3n) is 6.10. The maximum Gasteiger partial charge on any atom is 0.409 e. The topological polar surface area (TPSA) is 148 Å². The normalized spacial score (nSPS) is 20.5. The quantitative estimate of drug-likeness (QED) is 0.594. The number of nitrogens with zero attached hydrogens (tertiary/aromatic N) is 2. The van der Waals surface area contributed by atoms with E-state index in [9.17, 15) is 22.8 Å². The number of carbonyl (C=O) groups excluding carboxylic acids is 3. The van der Waals surface area contributed by atoms with Crippen LogP contribution in [-0.4, -0.2) is 74.5 Å². The van der Waals surface area contributed by atoms with Crippen molar-refractivity contribution in [1.82, 2.24) is 9.21 Å². The van der Waals surface area contributed by atoms with Gasteiger partial charge in [-0.25, -0.2) is 13.2 Å². The van der Waals surface area contributed by atoms with Crippen molar-refractivity contribution in [3.05, 3.63) is 45.8 Å². The summed E-state index contributed by atoms with van der Waals surface area (Å²) in [5, 5.41) is 3.01. The molecular weight excluding hydrogens is 508 g/mol. The highest BCUT2D eigenvalue weighted by atomic mass is 32.2. The number of nitrogens with two attached hydrogens (primary N) is 1. The summed E-state index contributed by atoms with van der Waals surface area (Å²) in [6.07, 6.45) is -0.509. The number of ether oxygens (including phenoxy) is 2. The number of fused-ring (bicyclic) bond motifs is 1. The smallest absolute Gasteiger partial charge is 0.409 e. The zero-order valence-corrected chi connectivity index (χ0v) is 21.8. The fraction of sp³-hybridized carbons (Fsp3) is 0.435. The van der Waals surface area contributed by atoms with Crippen LogP contribution in [0, 0.1) is 0 Å². The second kappa shape index (κ2) is 10.2. The van der Waals surface area contributed by atoms with Crippen molar-refractivity contribution in [2.45, 2.75) is 43.9 Å². The number of methoxy groups -OCH3 is 1. The summed E-state index contributed by atoms with van der Waals surface area (Å²) in [6, 6.07) is 5.62. The summed E-state index contributed by atoms with van der Waals surface area (Å²) in [5.41, 5.74) is 6.76. The van der Waals surface area contributed by atoms with Crippen LogP contribution in [0.15, 0.2) is 29.2 Å². The predicted octanol–water partition coefficient (Wildman–Crippen LogP) is 2.02. The molecule has 0 spiro atoms. The lowest BCUT2D eigenvalue weighted by atomic mass is 10.0. The molecule has 36 heavy (non-hydrogen) atoms. The zero-order valence-electron chi connectivity index (χ0n) is 20.1. The van der Waals surface area contributed by atoms with Crippen LogP contribution in [0.4, 0.5) is 9.80 Å². The molecule has 2 unspecified atom stereocenters. The van der Waals surface area contributed by atoms with Gasteiger partial charge in [0, 0.05) is 30.1 Å². The van der Waals surface area contributed by atoms with Gasteiger partial charge in [0.15, 0.2) is 0 Å². The van der Waals surface area contributed by atoms with Crippen LogP contribution in [0.3, 0.4) is 0 Å². The molecule has 0 radical (unpaired) electrons. The maximum absolute atomic E-state index is 13.1. The number of nitrogens with one attached hydrogen (secondary N) is 1. The van der Waals surface area contributed by atoms with Crippen molar-refractivity contribution < 1.29 is 32.3 Å². The van der Waals surface area contributed by atoms with Gasteiger partial charge in [-0.2, -0.15) is 4.31 Å². The first-order valence-electron chi connectivity index (χ1n) is 11.4. The average molecular weight is 537 g/mol. The van der Waals surface area contributed by atoms with E-state index in [2.05, 4.69) is 5.32 Å².